The highest BCUT2D eigenvalue weighted by molar-refractivity contribution is 5.50. The third-order valence-electron chi connectivity index (χ3n) is 3.80. The van der Waals surface area contributed by atoms with Gasteiger partial charge in [0.15, 0.2) is 11.6 Å². The maximum Gasteiger partial charge on any atom is 0.170 e. The molecule has 0 saturated carbocycles. The molecule has 3 heterocycles. The Morgan fingerprint density at radius 3 is 2.33 bits per heavy atom. The van der Waals surface area contributed by atoms with Crippen LogP contribution in [-0.2, 0) is 4.74 Å². The van der Waals surface area contributed by atoms with Gasteiger partial charge in [0, 0.05) is 24.5 Å². The van der Waals surface area contributed by atoms with Crippen LogP contribution in [0.3, 0.4) is 0 Å². The van der Waals surface area contributed by atoms with Gasteiger partial charge in [-0.05, 0) is 44.5 Å². The Morgan fingerprint density at radius 1 is 1.05 bits per heavy atom. The van der Waals surface area contributed by atoms with Crippen molar-refractivity contribution in [1.29, 1.82) is 0 Å². The van der Waals surface area contributed by atoms with Crippen LogP contribution < -0.4 is 10.3 Å². The van der Waals surface area contributed by atoms with Gasteiger partial charge in [-0.1, -0.05) is 0 Å². The molecule has 1 saturated heterocycles. The lowest BCUT2D eigenvalue weighted by Gasteiger charge is -2.27. The van der Waals surface area contributed by atoms with Crippen LogP contribution >= 0.6 is 0 Å². The number of aromatic nitrogens is 3. The molecule has 21 heavy (non-hydrogen) atoms. The van der Waals surface area contributed by atoms with Crippen LogP contribution in [0.2, 0.25) is 0 Å². The fraction of sp³-hybridized carbons (Fsp3) is 0.467. The van der Waals surface area contributed by atoms with Crippen LogP contribution in [0.25, 0.3) is 0 Å². The van der Waals surface area contributed by atoms with Crippen molar-refractivity contribution >= 4 is 11.6 Å². The SMILES string of the molecule is Cc1cc(N2CCOCC2)nnc1Nn1c(C)ccc1C. The van der Waals surface area contributed by atoms with Gasteiger partial charge in [0.25, 0.3) is 0 Å². The Balaban J connectivity index is 1.81. The number of hydrogen-bond donors (Lipinski definition) is 1. The van der Waals surface area contributed by atoms with Crippen LogP contribution in [0.4, 0.5) is 11.6 Å². The van der Waals surface area contributed by atoms with E-state index in [1.807, 2.05) is 4.68 Å². The molecule has 112 valence electrons. The lowest BCUT2D eigenvalue weighted by molar-refractivity contribution is 0.122. The zero-order chi connectivity index (χ0) is 14.8. The molecule has 0 aromatic carbocycles. The summed E-state index contributed by atoms with van der Waals surface area (Å²) in [6, 6.07) is 6.23. The van der Waals surface area contributed by atoms with Gasteiger partial charge in [-0.3, -0.25) is 10.1 Å². The van der Waals surface area contributed by atoms with Crippen molar-refractivity contribution in [3.63, 3.8) is 0 Å². The van der Waals surface area contributed by atoms with E-state index in [9.17, 15) is 0 Å². The molecule has 6 heteroatoms. The number of anilines is 2. The smallest absolute Gasteiger partial charge is 0.170 e. The Labute approximate surface area is 124 Å². The van der Waals surface area contributed by atoms with Crippen molar-refractivity contribution in [2.75, 3.05) is 36.6 Å². The topological polar surface area (TPSA) is 55.2 Å². The number of aryl methyl sites for hydroxylation is 3. The Hall–Kier alpha value is -2.08. The van der Waals surface area contributed by atoms with Crippen molar-refractivity contribution in [3.8, 4) is 0 Å². The van der Waals surface area contributed by atoms with Crippen LogP contribution in [0.1, 0.15) is 17.0 Å². The summed E-state index contributed by atoms with van der Waals surface area (Å²) in [5.74, 6) is 1.71. The summed E-state index contributed by atoms with van der Waals surface area (Å²) in [7, 11) is 0. The predicted octanol–water partition coefficient (Wildman–Crippen LogP) is 1.92. The molecule has 0 unspecified atom stereocenters. The number of hydrogen-bond acceptors (Lipinski definition) is 5. The Morgan fingerprint density at radius 2 is 1.71 bits per heavy atom. The number of rotatable bonds is 3. The van der Waals surface area contributed by atoms with Crippen molar-refractivity contribution in [3.05, 3.63) is 35.2 Å². The molecule has 0 bridgehead atoms. The predicted molar refractivity (Wildman–Crippen MR) is 82.7 cm³/mol. The van der Waals surface area contributed by atoms with E-state index in [-0.39, 0.29) is 0 Å². The first-order valence-corrected chi connectivity index (χ1v) is 7.24. The van der Waals surface area contributed by atoms with Crippen molar-refractivity contribution in [2.45, 2.75) is 20.8 Å². The molecule has 1 N–H and O–H groups in total. The van der Waals surface area contributed by atoms with Crippen molar-refractivity contribution in [2.24, 2.45) is 0 Å². The van der Waals surface area contributed by atoms with E-state index < -0.39 is 0 Å². The second-order valence-corrected chi connectivity index (χ2v) is 5.40. The summed E-state index contributed by atoms with van der Waals surface area (Å²) in [4.78, 5) is 2.21. The van der Waals surface area contributed by atoms with Gasteiger partial charge < -0.3 is 9.64 Å². The van der Waals surface area contributed by atoms with E-state index in [4.69, 9.17) is 4.74 Å². The summed E-state index contributed by atoms with van der Waals surface area (Å²) >= 11 is 0. The van der Waals surface area contributed by atoms with E-state index in [0.29, 0.717) is 0 Å². The first-order chi connectivity index (χ1) is 10.1. The molecule has 0 amide bonds. The molecule has 2 aromatic heterocycles. The molecule has 2 aromatic rings. The minimum Gasteiger partial charge on any atom is -0.378 e. The lowest BCUT2D eigenvalue weighted by Crippen LogP contribution is -2.37. The maximum atomic E-state index is 5.37. The molecule has 0 spiro atoms. The Kier molecular flexibility index (Phi) is 3.79. The molecule has 1 aliphatic heterocycles. The van der Waals surface area contributed by atoms with Gasteiger partial charge in [0.1, 0.15) is 0 Å². The van der Waals surface area contributed by atoms with E-state index in [2.05, 4.69) is 59.5 Å². The number of nitrogens with one attached hydrogen (secondary N) is 1. The molecule has 3 rings (SSSR count). The lowest BCUT2D eigenvalue weighted by atomic mass is 10.3. The fourth-order valence-electron chi connectivity index (χ4n) is 2.48. The second-order valence-electron chi connectivity index (χ2n) is 5.40. The van der Waals surface area contributed by atoms with Gasteiger partial charge >= 0.3 is 0 Å². The average Bonchev–Trinajstić information content (AvgIpc) is 2.82. The molecule has 0 radical (unpaired) electrons. The minimum atomic E-state index is 0.752. The van der Waals surface area contributed by atoms with Gasteiger partial charge in [-0.15, -0.1) is 10.2 Å². The second kappa shape index (κ2) is 5.73. The molecular weight excluding hydrogens is 266 g/mol. The zero-order valence-corrected chi connectivity index (χ0v) is 12.8. The molecule has 0 atom stereocenters. The first-order valence-electron chi connectivity index (χ1n) is 7.24. The standard InChI is InChI=1S/C15H21N5O/c1-11-10-14(19-6-8-21-9-7-19)16-17-15(11)18-20-12(2)4-5-13(20)3/h4-5,10H,6-9H2,1-3H3,(H,17,18). The highest BCUT2D eigenvalue weighted by Crippen LogP contribution is 2.19. The van der Waals surface area contributed by atoms with Crippen LogP contribution in [-0.4, -0.2) is 41.2 Å². The maximum absolute atomic E-state index is 5.37. The summed E-state index contributed by atoms with van der Waals surface area (Å²) < 4.78 is 7.39. The highest BCUT2D eigenvalue weighted by atomic mass is 16.5. The molecular formula is C15H21N5O. The monoisotopic (exact) mass is 287 g/mol. The normalized spacial score (nSPS) is 15.3. The third kappa shape index (κ3) is 2.85. The van der Waals surface area contributed by atoms with Crippen LogP contribution in [0.15, 0.2) is 18.2 Å². The molecule has 6 nitrogen and oxygen atoms in total. The summed E-state index contributed by atoms with van der Waals surface area (Å²) in [5, 5.41) is 8.69. The van der Waals surface area contributed by atoms with Gasteiger partial charge in [0.05, 0.1) is 13.2 Å². The quantitative estimate of drug-likeness (QED) is 0.934. The Bertz CT molecular complexity index is 611. The van der Waals surface area contributed by atoms with Gasteiger partial charge in [-0.25, -0.2) is 0 Å². The number of nitrogens with zero attached hydrogens (tertiary/aromatic N) is 4. The summed E-state index contributed by atoms with van der Waals surface area (Å²) in [5.41, 5.74) is 6.69. The van der Waals surface area contributed by atoms with Gasteiger partial charge in [-0.2, -0.15) is 0 Å². The average molecular weight is 287 g/mol. The van der Waals surface area contributed by atoms with Gasteiger partial charge in [0.2, 0.25) is 0 Å². The van der Waals surface area contributed by atoms with Crippen LogP contribution in [0.5, 0.6) is 0 Å². The van der Waals surface area contributed by atoms with Crippen molar-refractivity contribution < 1.29 is 4.74 Å². The first kappa shape index (κ1) is 13.9. The highest BCUT2D eigenvalue weighted by Gasteiger charge is 2.14. The minimum absolute atomic E-state index is 0.752. The zero-order valence-electron chi connectivity index (χ0n) is 12.8. The largest absolute Gasteiger partial charge is 0.378 e. The van der Waals surface area contributed by atoms with Crippen molar-refractivity contribution in [1.82, 2.24) is 14.9 Å². The third-order valence-corrected chi connectivity index (χ3v) is 3.80. The summed E-state index contributed by atoms with van der Waals surface area (Å²) in [6.07, 6.45) is 0. The molecule has 1 fully saturated rings. The van der Waals surface area contributed by atoms with Crippen LogP contribution in [0, 0.1) is 20.8 Å². The van der Waals surface area contributed by atoms with E-state index in [1.54, 1.807) is 0 Å². The number of morpholine rings is 1. The van der Waals surface area contributed by atoms with E-state index in [0.717, 1.165) is 54.9 Å². The van der Waals surface area contributed by atoms with E-state index in [1.165, 1.54) is 0 Å². The fourth-order valence-corrected chi connectivity index (χ4v) is 2.48. The van der Waals surface area contributed by atoms with E-state index >= 15 is 0 Å². The summed E-state index contributed by atoms with van der Waals surface area (Å²) in [6.45, 7) is 9.42. The molecule has 0 aliphatic carbocycles. The number of ether oxygens (including phenoxy) is 1. The molecule has 1 aliphatic rings.